The number of methoxy groups -OCH3 is 1. The van der Waals surface area contributed by atoms with E-state index in [0.29, 0.717) is 6.61 Å². The van der Waals surface area contributed by atoms with Crippen LogP contribution in [0.25, 0.3) is 0 Å². The summed E-state index contributed by atoms with van der Waals surface area (Å²) in [5.74, 6) is -0.206. The Bertz CT molecular complexity index is 127. The summed E-state index contributed by atoms with van der Waals surface area (Å²) in [6.07, 6.45) is -0.0883. The van der Waals surface area contributed by atoms with E-state index in [4.69, 9.17) is 9.47 Å². The number of halogens is 1. The zero-order valence-electron chi connectivity index (χ0n) is 6.96. The zero-order valence-corrected chi connectivity index (χ0v) is 9.12. The van der Waals surface area contributed by atoms with E-state index in [2.05, 4.69) is 0 Å². The summed E-state index contributed by atoms with van der Waals surface area (Å²) in [6.45, 7) is 4.06. The van der Waals surface area contributed by atoms with Crippen molar-refractivity contribution in [2.75, 3.05) is 13.7 Å². The second kappa shape index (κ2) is 5.77. The van der Waals surface area contributed by atoms with Gasteiger partial charge in [0.2, 0.25) is 0 Å². The predicted octanol–water partition coefficient (Wildman–Crippen LogP) is 1.39. The highest BCUT2D eigenvalue weighted by Gasteiger charge is 2.22. The van der Waals surface area contributed by atoms with Gasteiger partial charge < -0.3 is 9.47 Å². The van der Waals surface area contributed by atoms with Crippen molar-refractivity contribution in [1.82, 2.24) is 0 Å². The molecule has 0 heterocycles. The number of hydrogen-bond acceptors (Lipinski definition) is 3. The molecule has 0 radical (unpaired) electrons. The molecule has 0 amide bonds. The average molecular weight is 272 g/mol. The normalized spacial score (nSPS) is 15.6. The minimum atomic E-state index is -0.211. The van der Waals surface area contributed by atoms with E-state index in [1.54, 1.807) is 14.0 Å². The minimum Gasteiger partial charge on any atom is -0.465 e. The van der Waals surface area contributed by atoms with Crippen LogP contribution in [-0.4, -0.2) is 29.7 Å². The first kappa shape index (κ1) is 11.2. The molecule has 0 aromatic rings. The average Bonchev–Trinajstić information content (AvgIpc) is 2.02. The van der Waals surface area contributed by atoms with Crippen molar-refractivity contribution in [3.8, 4) is 0 Å². The van der Waals surface area contributed by atoms with Crippen molar-refractivity contribution < 1.29 is 14.3 Å². The molecule has 0 saturated carbocycles. The lowest BCUT2D eigenvalue weighted by molar-refractivity contribution is -0.144. The smallest absolute Gasteiger partial charge is 0.321 e. The number of ether oxygens (including phenoxy) is 2. The number of hydrogen-bond donors (Lipinski definition) is 0. The topological polar surface area (TPSA) is 35.5 Å². The third-order valence-electron chi connectivity index (χ3n) is 1.30. The summed E-state index contributed by atoms with van der Waals surface area (Å²) in [4.78, 5) is 11.0. The number of carbonyl (C=O) groups excluding carboxylic acids is 1. The van der Waals surface area contributed by atoms with Crippen molar-refractivity contribution in [3.63, 3.8) is 0 Å². The molecule has 4 heteroatoms. The van der Waals surface area contributed by atoms with Crippen LogP contribution in [0.4, 0.5) is 0 Å². The Kier molecular flexibility index (Phi) is 5.85. The number of alkyl halides is 1. The first-order valence-corrected chi connectivity index (χ1v) is 4.71. The van der Waals surface area contributed by atoms with Crippen LogP contribution in [0.1, 0.15) is 13.8 Å². The molecule has 0 aliphatic heterocycles. The van der Waals surface area contributed by atoms with Crippen LogP contribution in [0.2, 0.25) is 0 Å². The Labute approximate surface area is 80.6 Å². The Hall–Kier alpha value is 0.160. The van der Waals surface area contributed by atoms with Crippen LogP contribution in [0.5, 0.6) is 0 Å². The monoisotopic (exact) mass is 272 g/mol. The minimum absolute atomic E-state index is 0.0883. The molecule has 0 saturated heterocycles. The summed E-state index contributed by atoms with van der Waals surface area (Å²) in [7, 11) is 1.58. The van der Waals surface area contributed by atoms with Crippen molar-refractivity contribution in [3.05, 3.63) is 0 Å². The number of esters is 1. The van der Waals surface area contributed by atoms with E-state index >= 15 is 0 Å². The molecular weight excluding hydrogens is 259 g/mol. The van der Waals surface area contributed by atoms with E-state index in [9.17, 15) is 4.79 Å². The van der Waals surface area contributed by atoms with E-state index < -0.39 is 0 Å². The highest BCUT2D eigenvalue weighted by atomic mass is 127. The fourth-order valence-electron chi connectivity index (χ4n) is 0.533. The van der Waals surface area contributed by atoms with Crippen LogP contribution in [0, 0.1) is 0 Å². The van der Waals surface area contributed by atoms with Gasteiger partial charge in [0.25, 0.3) is 0 Å². The van der Waals surface area contributed by atoms with Gasteiger partial charge in [0.15, 0.2) is 0 Å². The molecule has 3 nitrogen and oxygen atoms in total. The van der Waals surface area contributed by atoms with E-state index in [1.165, 1.54) is 0 Å². The summed E-state index contributed by atoms with van der Waals surface area (Å²) < 4.78 is 9.56. The number of carbonyl (C=O) groups is 1. The highest BCUT2D eigenvalue weighted by Crippen LogP contribution is 2.10. The fourth-order valence-corrected chi connectivity index (χ4v) is 1.01. The molecule has 0 aliphatic carbocycles. The zero-order chi connectivity index (χ0) is 8.85. The maximum absolute atomic E-state index is 11.0. The summed E-state index contributed by atoms with van der Waals surface area (Å²) in [5.41, 5.74) is 0. The molecule has 0 aliphatic rings. The van der Waals surface area contributed by atoms with Gasteiger partial charge in [-0.3, -0.25) is 4.79 Å². The second-order valence-electron chi connectivity index (χ2n) is 2.09. The van der Waals surface area contributed by atoms with Crippen molar-refractivity contribution >= 4 is 28.6 Å². The van der Waals surface area contributed by atoms with Crippen LogP contribution < -0.4 is 0 Å². The maximum Gasteiger partial charge on any atom is 0.321 e. The molecule has 0 aromatic heterocycles. The van der Waals surface area contributed by atoms with Gasteiger partial charge in [0.1, 0.15) is 3.92 Å². The molecule has 0 aromatic carbocycles. The molecule has 2 atom stereocenters. The number of rotatable bonds is 4. The van der Waals surface area contributed by atoms with Crippen LogP contribution in [0.3, 0.4) is 0 Å². The van der Waals surface area contributed by atoms with Gasteiger partial charge in [-0.2, -0.15) is 0 Å². The van der Waals surface area contributed by atoms with Gasteiger partial charge in [-0.25, -0.2) is 0 Å². The highest BCUT2D eigenvalue weighted by molar-refractivity contribution is 14.1. The Balaban J connectivity index is 3.80. The molecule has 66 valence electrons. The second-order valence-corrected chi connectivity index (χ2v) is 3.44. The lowest BCUT2D eigenvalue weighted by Crippen LogP contribution is -2.29. The molecular formula is C7H13IO3. The summed E-state index contributed by atoms with van der Waals surface area (Å²) >= 11 is 2.02. The molecule has 0 unspecified atom stereocenters. The molecule has 0 N–H and O–H groups in total. The van der Waals surface area contributed by atoms with Crippen molar-refractivity contribution in [2.24, 2.45) is 0 Å². The molecule has 11 heavy (non-hydrogen) atoms. The third-order valence-corrected chi connectivity index (χ3v) is 2.82. The first-order valence-electron chi connectivity index (χ1n) is 3.47. The van der Waals surface area contributed by atoms with E-state index in [-0.39, 0.29) is 16.0 Å². The molecule has 0 spiro atoms. The largest absolute Gasteiger partial charge is 0.465 e. The Morgan fingerprint density at radius 3 is 2.55 bits per heavy atom. The molecule has 0 bridgehead atoms. The Morgan fingerprint density at radius 2 is 2.18 bits per heavy atom. The molecule has 0 fully saturated rings. The van der Waals surface area contributed by atoms with Crippen molar-refractivity contribution in [1.29, 1.82) is 0 Å². The van der Waals surface area contributed by atoms with E-state index in [0.717, 1.165) is 0 Å². The van der Waals surface area contributed by atoms with Crippen LogP contribution >= 0.6 is 22.6 Å². The first-order chi connectivity index (χ1) is 5.13. The predicted molar refractivity (Wildman–Crippen MR) is 50.9 cm³/mol. The standard InChI is InChI=1S/C7H13IO3/c1-4-11-7(9)6(8)5(2)10-3/h5-6H,4H2,1-3H3/t5-,6-/m1/s1. The third kappa shape index (κ3) is 3.91. The quantitative estimate of drug-likeness (QED) is 0.440. The van der Waals surface area contributed by atoms with Gasteiger partial charge >= 0.3 is 5.97 Å². The summed E-state index contributed by atoms with van der Waals surface area (Å²) in [5, 5.41) is 0. The van der Waals surface area contributed by atoms with Crippen LogP contribution in [-0.2, 0) is 14.3 Å². The van der Waals surface area contributed by atoms with Gasteiger partial charge in [-0.15, -0.1) is 0 Å². The van der Waals surface area contributed by atoms with Crippen LogP contribution in [0.15, 0.2) is 0 Å². The van der Waals surface area contributed by atoms with Gasteiger partial charge in [-0.05, 0) is 13.8 Å². The summed E-state index contributed by atoms with van der Waals surface area (Å²) in [6, 6.07) is 0. The SMILES string of the molecule is CCOC(=O)[C@H](I)[C@@H](C)OC. The van der Waals surface area contributed by atoms with Gasteiger partial charge in [-0.1, -0.05) is 22.6 Å². The Morgan fingerprint density at radius 1 is 1.64 bits per heavy atom. The molecule has 0 rings (SSSR count). The lowest BCUT2D eigenvalue weighted by Gasteiger charge is -2.14. The van der Waals surface area contributed by atoms with E-state index in [1.807, 2.05) is 29.5 Å². The lowest BCUT2D eigenvalue weighted by atomic mass is 10.3. The maximum atomic E-state index is 11.0. The van der Waals surface area contributed by atoms with Gasteiger partial charge in [0, 0.05) is 7.11 Å². The van der Waals surface area contributed by atoms with Crippen molar-refractivity contribution in [2.45, 2.75) is 23.9 Å². The fraction of sp³-hybridized carbons (Fsp3) is 0.857. The van der Waals surface area contributed by atoms with Gasteiger partial charge in [0.05, 0.1) is 12.7 Å².